The molecule has 1 saturated heterocycles. The Hall–Kier alpha value is -0.380. The van der Waals surface area contributed by atoms with Gasteiger partial charge < -0.3 is 5.32 Å². The van der Waals surface area contributed by atoms with E-state index in [4.69, 9.17) is 0 Å². The molecular formula is C18H32N2S. The van der Waals surface area contributed by atoms with E-state index in [0.717, 1.165) is 12.5 Å². The predicted molar refractivity (Wildman–Crippen MR) is 94.2 cm³/mol. The molecule has 1 unspecified atom stereocenters. The van der Waals surface area contributed by atoms with Gasteiger partial charge in [0.25, 0.3) is 0 Å². The Labute approximate surface area is 134 Å². The first-order valence-corrected chi connectivity index (χ1v) is 9.21. The first kappa shape index (κ1) is 17.0. The summed E-state index contributed by atoms with van der Waals surface area (Å²) in [5, 5.41) is 3.64. The molecule has 0 aliphatic carbocycles. The third kappa shape index (κ3) is 5.39. The zero-order chi connectivity index (χ0) is 15.5. The minimum Gasteiger partial charge on any atom is -0.313 e. The zero-order valence-corrected chi connectivity index (χ0v) is 15.2. The van der Waals surface area contributed by atoms with Crippen molar-refractivity contribution in [1.82, 2.24) is 10.2 Å². The van der Waals surface area contributed by atoms with Crippen LogP contribution in [-0.2, 0) is 12.0 Å². The van der Waals surface area contributed by atoms with Gasteiger partial charge in [-0.2, -0.15) is 0 Å². The summed E-state index contributed by atoms with van der Waals surface area (Å²) in [5.74, 6) is 0.730. The lowest BCUT2D eigenvalue weighted by Gasteiger charge is -2.27. The van der Waals surface area contributed by atoms with Gasteiger partial charge in [-0.3, -0.25) is 4.90 Å². The van der Waals surface area contributed by atoms with E-state index in [1.165, 1.54) is 42.2 Å². The standard InChI is InChI=1S/C18H32N2S/c1-14(2)11-20(12-15-7-6-10-19-15)13-16-8-9-17(21-16)18(3,4)5/h8-9,14-15,19H,6-7,10-13H2,1-5H3. The molecule has 1 fully saturated rings. The molecule has 1 aliphatic rings. The van der Waals surface area contributed by atoms with Gasteiger partial charge >= 0.3 is 0 Å². The number of rotatable bonds is 6. The van der Waals surface area contributed by atoms with Crippen molar-refractivity contribution < 1.29 is 0 Å². The fourth-order valence-electron chi connectivity index (χ4n) is 3.03. The van der Waals surface area contributed by atoms with Crippen molar-refractivity contribution in [3.05, 3.63) is 21.9 Å². The van der Waals surface area contributed by atoms with Crippen LogP contribution in [0.25, 0.3) is 0 Å². The highest BCUT2D eigenvalue weighted by atomic mass is 32.1. The van der Waals surface area contributed by atoms with E-state index in [2.05, 4.69) is 57.0 Å². The van der Waals surface area contributed by atoms with Crippen molar-refractivity contribution in [3.8, 4) is 0 Å². The number of thiophene rings is 1. The Balaban J connectivity index is 1.98. The highest BCUT2D eigenvalue weighted by molar-refractivity contribution is 7.12. The van der Waals surface area contributed by atoms with E-state index in [9.17, 15) is 0 Å². The molecular weight excluding hydrogens is 276 g/mol. The topological polar surface area (TPSA) is 15.3 Å². The fraction of sp³-hybridized carbons (Fsp3) is 0.778. The summed E-state index contributed by atoms with van der Waals surface area (Å²) in [7, 11) is 0. The summed E-state index contributed by atoms with van der Waals surface area (Å²) < 4.78 is 0. The SMILES string of the molecule is CC(C)CN(Cc1ccc(C(C)(C)C)s1)CC1CCCN1. The second-order valence-electron chi connectivity index (χ2n) is 7.90. The smallest absolute Gasteiger partial charge is 0.0328 e. The summed E-state index contributed by atoms with van der Waals surface area (Å²) in [4.78, 5) is 5.66. The van der Waals surface area contributed by atoms with E-state index in [-0.39, 0.29) is 5.41 Å². The summed E-state index contributed by atoms with van der Waals surface area (Å²) >= 11 is 1.99. The molecule has 2 rings (SSSR count). The maximum absolute atomic E-state index is 3.64. The van der Waals surface area contributed by atoms with Crippen LogP contribution in [0.2, 0.25) is 0 Å². The average Bonchev–Trinajstić information content (AvgIpc) is 2.98. The molecule has 21 heavy (non-hydrogen) atoms. The van der Waals surface area contributed by atoms with Crippen LogP contribution in [0.3, 0.4) is 0 Å². The van der Waals surface area contributed by atoms with Gasteiger partial charge in [-0.15, -0.1) is 11.3 Å². The summed E-state index contributed by atoms with van der Waals surface area (Å²) in [6.45, 7) is 16.3. The molecule has 1 N–H and O–H groups in total. The highest BCUT2D eigenvalue weighted by Gasteiger charge is 2.20. The summed E-state index contributed by atoms with van der Waals surface area (Å²) in [6.07, 6.45) is 2.68. The predicted octanol–water partition coefficient (Wildman–Crippen LogP) is 4.26. The zero-order valence-electron chi connectivity index (χ0n) is 14.4. The van der Waals surface area contributed by atoms with E-state index in [1.807, 2.05) is 11.3 Å². The van der Waals surface area contributed by atoms with Crippen LogP contribution in [0.15, 0.2) is 12.1 Å². The third-order valence-corrected chi connectivity index (χ3v) is 5.54. The molecule has 0 amide bonds. The molecule has 0 radical (unpaired) electrons. The van der Waals surface area contributed by atoms with Crippen LogP contribution in [0.5, 0.6) is 0 Å². The lowest BCUT2D eigenvalue weighted by Crippen LogP contribution is -2.38. The van der Waals surface area contributed by atoms with Crippen LogP contribution >= 0.6 is 11.3 Å². The van der Waals surface area contributed by atoms with Gasteiger partial charge in [-0.1, -0.05) is 34.6 Å². The molecule has 3 heteroatoms. The molecule has 1 atom stereocenters. The Morgan fingerprint density at radius 1 is 1.33 bits per heavy atom. The lowest BCUT2D eigenvalue weighted by atomic mass is 9.95. The Bertz CT molecular complexity index is 425. The third-order valence-electron chi connectivity index (χ3n) is 4.04. The normalized spacial score (nSPS) is 19.9. The van der Waals surface area contributed by atoms with E-state index < -0.39 is 0 Å². The molecule has 1 aromatic rings. The van der Waals surface area contributed by atoms with Crippen molar-refractivity contribution in [2.24, 2.45) is 5.92 Å². The van der Waals surface area contributed by atoms with Gasteiger partial charge in [-0.05, 0) is 42.9 Å². The number of hydrogen-bond donors (Lipinski definition) is 1. The molecule has 0 aromatic carbocycles. The Morgan fingerprint density at radius 2 is 2.10 bits per heavy atom. The fourth-order valence-corrected chi connectivity index (χ4v) is 4.14. The Morgan fingerprint density at radius 3 is 2.62 bits per heavy atom. The van der Waals surface area contributed by atoms with Crippen molar-refractivity contribution in [2.45, 2.75) is 65.5 Å². The Kier molecular flexibility index (Phi) is 5.87. The highest BCUT2D eigenvalue weighted by Crippen LogP contribution is 2.30. The number of nitrogens with one attached hydrogen (secondary N) is 1. The minimum atomic E-state index is 0.277. The van der Waals surface area contributed by atoms with Gasteiger partial charge in [0.15, 0.2) is 0 Å². The quantitative estimate of drug-likeness (QED) is 0.845. The monoisotopic (exact) mass is 308 g/mol. The summed E-state index contributed by atoms with van der Waals surface area (Å²) in [6, 6.07) is 5.35. The number of hydrogen-bond acceptors (Lipinski definition) is 3. The average molecular weight is 309 g/mol. The molecule has 0 saturated carbocycles. The molecule has 2 nitrogen and oxygen atoms in total. The van der Waals surface area contributed by atoms with Gasteiger partial charge in [0, 0.05) is 35.4 Å². The van der Waals surface area contributed by atoms with Crippen LogP contribution < -0.4 is 5.32 Å². The van der Waals surface area contributed by atoms with E-state index in [1.54, 1.807) is 0 Å². The molecule has 2 heterocycles. The number of nitrogens with zero attached hydrogens (tertiary/aromatic N) is 1. The van der Waals surface area contributed by atoms with Gasteiger partial charge in [0.2, 0.25) is 0 Å². The largest absolute Gasteiger partial charge is 0.313 e. The molecule has 1 aliphatic heterocycles. The maximum atomic E-state index is 3.64. The second kappa shape index (κ2) is 7.26. The lowest BCUT2D eigenvalue weighted by molar-refractivity contribution is 0.218. The van der Waals surface area contributed by atoms with Gasteiger partial charge in [0.05, 0.1) is 0 Å². The first-order chi connectivity index (χ1) is 9.84. The molecule has 1 aromatic heterocycles. The van der Waals surface area contributed by atoms with Crippen LogP contribution in [-0.4, -0.2) is 30.6 Å². The van der Waals surface area contributed by atoms with Crippen molar-refractivity contribution in [3.63, 3.8) is 0 Å². The molecule has 120 valence electrons. The van der Waals surface area contributed by atoms with Crippen LogP contribution in [0.4, 0.5) is 0 Å². The van der Waals surface area contributed by atoms with Crippen LogP contribution in [0.1, 0.15) is 57.2 Å². The van der Waals surface area contributed by atoms with Crippen molar-refractivity contribution in [1.29, 1.82) is 0 Å². The first-order valence-electron chi connectivity index (χ1n) is 8.39. The van der Waals surface area contributed by atoms with E-state index >= 15 is 0 Å². The maximum Gasteiger partial charge on any atom is 0.0328 e. The van der Waals surface area contributed by atoms with Crippen LogP contribution in [0, 0.1) is 5.92 Å². The second-order valence-corrected chi connectivity index (χ2v) is 9.07. The minimum absolute atomic E-state index is 0.277. The van der Waals surface area contributed by atoms with Crippen molar-refractivity contribution in [2.75, 3.05) is 19.6 Å². The molecule has 0 spiro atoms. The van der Waals surface area contributed by atoms with E-state index in [0.29, 0.717) is 6.04 Å². The van der Waals surface area contributed by atoms with Gasteiger partial charge in [0.1, 0.15) is 0 Å². The summed E-state index contributed by atoms with van der Waals surface area (Å²) in [5.41, 5.74) is 0.277. The van der Waals surface area contributed by atoms with Gasteiger partial charge in [-0.25, -0.2) is 0 Å². The van der Waals surface area contributed by atoms with Crippen molar-refractivity contribution >= 4 is 11.3 Å². The molecule has 0 bridgehead atoms.